The van der Waals surface area contributed by atoms with Crippen molar-refractivity contribution < 1.29 is 26.7 Å². The van der Waals surface area contributed by atoms with Crippen LogP contribution in [-0.4, -0.2) is 6.36 Å². The molecule has 0 bridgehead atoms. The molecule has 3 rings (SSSR count). The Morgan fingerprint density at radius 3 is 2.00 bits per heavy atom. The first-order valence-electron chi connectivity index (χ1n) is 9.62. The second-order valence-electron chi connectivity index (χ2n) is 7.44. The summed E-state index contributed by atoms with van der Waals surface area (Å²) in [6.07, 6.45) is 1.53. The van der Waals surface area contributed by atoms with Crippen LogP contribution in [0.25, 0.3) is 11.1 Å². The van der Waals surface area contributed by atoms with Crippen molar-refractivity contribution in [3.63, 3.8) is 0 Å². The maximum atomic E-state index is 14.7. The molecule has 28 heavy (non-hydrogen) atoms. The molecule has 1 fully saturated rings. The van der Waals surface area contributed by atoms with Crippen molar-refractivity contribution in [3.05, 3.63) is 53.6 Å². The second-order valence-corrected chi connectivity index (χ2v) is 7.44. The molecular weight excluding hydrogens is 375 g/mol. The molecule has 0 aliphatic heterocycles. The highest BCUT2D eigenvalue weighted by atomic mass is 19.4. The first-order chi connectivity index (χ1) is 13.3. The Kier molecular flexibility index (Phi) is 6.26. The molecule has 0 N–H and O–H groups in total. The van der Waals surface area contributed by atoms with E-state index in [-0.39, 0.29) is 17.0 Å². The number of rotatable bonds is 5. The topological polar surface area (TPSA) is 9.23 Å². The SMILES string of the molecule is CCCC1CCC(c2cc(F)c(-c3ccc(OC(F)(F)F)cc3)c(F)c2)CC1. The minimum atomic E-state index is -4.81. The van der Waals surface area contributed by atoms with Crippen LogP contribution in [0.5, 0.6) is 5.75 Å². The van der Waals surface area contributed by atoms with Gasteiger partial charge in [-0.15, -0.1) is 13.2 Å². The van der Waals surface area contributed by atoms with Crippen LogP contribution in [-0.2, 0) is 0 Å². The van der Waals surface area contributed by atoms with E-state index >= 15 is 0 Å². The van der Waals surface area contributed by atoms with Gasteiger partial charge in [0.25, 0.3) is 0 Å². The molecule has 0 radical (unpaired) electrons. The fraction of sp³-hybridized carbons (Fsp3) is 0.455. The van der Waals surface area contributed by atoms with E-state index in [0.717, 1.165) is 44.2 Å². The molecule has 152 valence electrons. The summed E-state index contributed by atoms with van der Waals surface area (Å²) < 4.78 is 69.8. The van der Waals surface area contributed by atoms with E-state index in [2.05, 4.69) is 11.7 Å². The number of hydrogen-bond donors (Lipinski definition) is 0. The van der Waals surface area contributed by atoms with Crippen molar-refractivity contribution in [2.45, 2.75) is 57.7 Å². The summed E-state index contributed by atoms with van der Waals surface area (Å²) in [5, 5.41) is 0. The molecule has 0 saturated heterocycles. The van der Waals surface area contributed by atoms with Crippen molar-refractivity contribution in [3.8, 4) is 16.9 Å². The van der Waals surface area contributed by atoms with Crippen LogP contribution < -0.4 is 4.74 Å². The van der Waals surface area contributed by atoms with E-state index in [1.54, 1.807) is 0 Å². The minimum absolute atomic E-state index is 0.147. The molecule has 0 aromatic heterocycles. The molecule has 2 aromatic rings. The average Bonchev–Trinajstić information content (AvgIpc) is 2.62. The van der Waals surface area contributed by atoms with Crippen LogP contribution in [0.15, 0.2) is 36.4 Å². The Bertz CT molecular complexity index is 767. The van der Waals surface area contributed by atoms with Crippen molar-refractivity contribution in [1.82, 2.24) is 0 Å². The van der Waals surface area contributed by atoms with E-state index in [0.29, 0.717) is 11.5 Å². The van der Waals surface area contributed by atoms with Gasteiger partial charge in [0.05, 0.1) is 5.56 Å². The average molecular weight is 398 g/mol. The van der Waals surface area contributed by atoms with Crippen LogP contribution in [0.3, 0.4) is 0 Å². The van der Waals surface area contributed by atoms with Crippen LogP contribution in [0, 0.1) is 17.6 Å². The van der Waals surface area contributed by atoms with Crippen LogP contribution in [0.4, 0.5) is 22.0 Å². The van der Waals surface area contributed by atoms with E-state index in [1.165, 1.54) is 30.7 Å². The molecule has 0 heterocycles. The summed E-state index contributed by atoms with van der Waals surface area (Å²) in [4.78, 5) is 0. The molecule has 2 aromatic carbocycles. The van der Waals surface area contributed by atoms with Gasteiger partial charge in [-0.2, -0.15) is 0 Å². The van der Waals surface area contributed by atoms with Gasteiger partial charge in [0.15, 0.2) is 0 Å². The van der Waals surface area contributed by atoms with Gasteiger partial charge in [0, 0.05) is 0 Å². The number of alkyl halides is 3. The van der Waals surface area contributed by atoms with Gasteiger partial charge in [-0.25, -0.2) is 8.78 Å². The van der Waals surface area contributed by atoms with Gasteiger partial charge in [-0.1, -0.05) is 31.9 Å². The summed E-state index contributed by atoms with van der Waals surface area (Å²) >= 11 is 0. The Morgan fingerprint density at radius 2 is 1.50 bits per heavy atom. The first-order valence-corrected chi connectivity index (χ1v) is 9.62. The zero-order valence-corrected chi connectivity index (χ0v) is 15.7. The minimum Gasteiger partial charge on any atom is -0.406 e. The molecule has 0 unspecified atom stereocenters. The molecule has 6 heteroatoms. The Morgan fingerprint density at radius 1 is 0.929 bits per heavy atom. The van der Waals surface area contributed by atoms with Gasteiger partial charge in [0.2, 0.25) is 0 Å². The fourth-order valence-corrected chi connectivity index (χ4v) is 4.12. The van der Waals surface area contributed by atoms with Crippen molar-refractivity contribution in [2.24, 2.45) is 5.92 Å². The molecule has 0 amide bonds. The third kappa shape index (κ3) is 5.03. The second kappa shape index (κ2) is 8.50. The fourth-order valence-electron chi connectivity index (χ4n) is 4.12. The zero-order chi connectivity index (χ0) is 20.3. The molecule has 0 spiro atoms. The number of benzene rings is 2. The van der Waals surface area contributed by atoms with Crippen LogP contribution in [0.1, 0.15) is 56.9 Å². The molecular formula is C22H23F5O. The Balaban J connectivity index is 1.77. The summed E-state index contributed by atoms with van der Waals surface area (Å²) in [5.41, 5.74) is 0.593. The maximum Gasteiger partial charge on any atom is 0.573 e. The lowest BCUT2D eigenvalue weighted by Gasteiger charge is -2.29. The first kappa shape index (κ1) is 20.6. The standard InChI is InChI=1S/C22H23F5O/c1-2-3-14-4-6-15(7-5-14)17-12-19(23)21(20(24)13-17)16-8-10-18(11-9-16)28-22(25,26)27/h8-15H,2-7H2,1H3. The van der Waals surface area contributed by atoms with E-state index in [4.69, 9.17) is 0 Å². The lowest BCUT2D eigenvalue weighted by Crippen LogP contribution is -2.16. The maximum absolute atomic E-state index is 14.7. The largest absolute Gasteiger partial charge is 0.573 e. The molecule has 1 aliphatic carbocycles. The van der Waals surface area contributed by atoms with E-state index < -0.39 is 23.7 Å². The lowest BCUT2D eigenvalue weighted by atomic mass is 9.77. The summed E-state index contributed by atoms with van der Waals surface area (Å²) in [5.74, 6) is -0.982. The lowest BCUT2D eigenvalue weighted by molar-refractivity contribution is -0.274. The predicted molar refractivity (Wildman–Crippen MR) is 98.1 cm³/mol. The highest BCUT2D eigenvalue weighted by Crippen LogP contribution is 2.39. The van der Waals surface area contributed by atoms with Crippen molar-refractivity contribution in [1.29, 1.82) is 0 Å². The van der Waals surface area contributed by atoms with Gasteiger partial charge in [-0.3, -0.25) is 0 Å². The molecule has 1 nitrogen and oxygen atoms in total. The third-order valence-electron chi connectivity index (χ3n) is 5.46. The highest BCUT2D eigenvalue weighted by Gasteiger charge is 2.31. The van der Waals surface area contributed by atoms with Gasteiger partial charge < -0.3 is 4.74 Å². The molecule has 1 saturated carbocycles. The van der Waals surface area contributed by atoms with E-state index in [1.807, 2.05) is 0 Å². The van der Waals surface area contributed by atoms with Gasteiger partial charge >= 0.3 is 6.36 Å². The molecule has 1 aliphatic rings. The number of hydrogen-bond acceptors (Lipinski definition) is 1. The van der Waals surface area contributed by atoms with E-state index in [9.17, 15) is 22.0 Å². The Labute approximate surface area is 161 Å². The van der Waals surface area contributed by atoms with Crippen LogP contribution >= 0.6 is 0 Å². The van der Waals surface area contributed by atoms with Crippen LogP contribution in [0.2, 0.25) is 0 Å². The summed E-state index contributed by atoms with van der Waals surface area (Å²) in [6.45, 7) is 2.16. The van der Waals surface area contributed by atoms with Gasteiger partial charge in [-0.05, 0) is 72.9 Å². The third-order valence-corrected chi connectivity index (χ3v) is 5.46. The van der Waals surface area contributed by atoms with Crippen molar-refractivity contribution >= 4 is 0 Å². The summed E-state index contributed by atoms with van der Waals surface area (Å²) in [7, 11) is 0. The number of ether oxygens (including phenoxy) is 1. The van der Waals surface area contributed by atoms with Crippen molar-refractivity contribution in [2.75, 3.05) is 0 Å². The highest BCUT2D eigenvalue weighted by molar-refractivity contribution is 5.66. The normalized spacial score (nSPS) is 20.2. The predicted octanol–water partition coefficient (Wildman–Crippen LogP) is 7.60. The quantitative estimate of drug-likeness (QED) is 0.471. The number of halogens is 5. The van der Waals surface area contributed by atoms with Gasteiger partial charge in [0.1, 0.15) is 17.4 Å². The molecule has 0 atom stereocenters. The Hall–Kier alpha value is -2.11. The summed E-state index contributed by atoms with van der Waals surface area (Å²) in [6, 6.07) is 7.26. The zero-order valence-electron chi connectivity index (χ0n) is 15.7. The smallest absolute Gasteiger partial charge is 0.406 e. The monoisotopic (exact) mass is 398 g/mol.